The molecule has 0 bridgehead atoms. The average molecular weight is 212 g/mol. The maximum atomic E-state index is 5.39. The summed E-state index contributed by atoms with van der Waals surface area (Å²) >= 11 is 0. The zero-order chi connectivity index (χ0) is 11.5. The standard InChI is InChI=1S/C13H24O2/c1-5-14-13(15-6-2)11-9-7-8-10-12(3)4/h9-11,13H,5-8H2,1-4H3/b11-9+. The Bertz CT molecular complexity index is 185. The number of hydrogen-bond donors (Lipinski definition) is 0. The van der Waals surface area contributed by atoms with E-state index in [0.717, 1.165) is 12.8 Å². The van der Waals surface area contributed by atoms with Gasteiger partial charge < -0.3 is 9.47 Å². The van der Waals surface area contributed by atoms with Gasteiger partial charge in [-0.25, -0.2) is 0 Å². The Morgan fingerprint density at radius 2 is 1.67 bits per heavy atom. The van der Waals surface area contributed by atoms with E-state index in [4.69, 9.17) is 9.47 Å². The maximum absolute atomic E-state index is 5.39. The highest BCUT2D eigenvalue weighted by atomic mass is 16.7. The smallest absolute Gasteiger partial charge is 0.176 e. The minimum absolute atomic E-state index is 0.174. The van der Waals surface area contributed by atoms with Gasteiger partial charge in [0, 0.05) is 13.2 Å². The first-order chi connectivity index (χ1) is 7.20. The summed E-state index contributed by atoms with van der Waals surface area (Å²) in [6, 6.07) is 0. The first kappa shape index (κ1) is 14.4. The van der Waals surface area contributed by atoms with Crippen molar-refractivity contribution in [3.63, 3.8) is 0 Å². The molecule has 0 saturated carbocycles. The van der Waals surface area contributed by atoms with Crippen LogP contribution in [0.2, 0.25) is 0 Å². The highest BCUT2D eigenvalue weighted by molar-refractivity contribution is 4.95. The normalized spacial score (nSPS) is 11.3. The summed E-state index contributed by atoms with van der Waals surface area (Å²) < 4.78 is 10.8. The van der Waals surface area contributed by atoms with E-state index in [0.29, 0.717) is 13.2 Å². The molecular formula is C13H24O2. The van der Waals surface area contributed by atoms with Crippen LogP contribution in [0.4, 0.5) is 0 Å². The Balaban J connectivity index is 3.73. The fraction of sp³-hybridized carbons (Fsp3) is 0.692. The molecule has 0 rings (SSSR count). The molecule has 0 aromatic carbocycles. The van der Waals surface area contributed by atoms with Crippen molar-refractivity contribution in [1.29, 1.82) is 0 Å². The molecule has 15 heavy (non-hydrogen) atoms. The predicted molar refractivity (Wildman–Crippen MR) is 64.8 cm³/mol. The number of unbranched alkanes of at least 4 members (excludes halogenated alkanes) is 1. The van der Waals surface area contributed by atoms with Crippen LogP contribution >= 0.6 is 0 Å². The van der Waals surface area contributed by atoms with Crippen LogP contribution in [0.25, 0.3) is 0 Å². The zero-order valence-corrected chi connectivity index (χ0v) is 10.5. The number of rotatable bonds is 8. The van der Waals surface area contributed by atoms with Crippen molar-refractivity contribution in [2.24, 2.45) is 0 Å². The van der Waals surface area contributed by atoms with E-state index in [9.17, 15) is 0 Å². The zero-order valence-electron chi connectivity index (χ0n) is 10.5. The summed E-state index contributed by atoms with van der Waals surface area (Å²) in [5.41, 5.74) is 1.37. The van der Waals surface area contributed by atoms with Gasteiger partial charge in [0.2, 0.25) is 0 Å². The van der Waals surface area contributed by atoms with Crippen LogP contribution in [-0.4, -0.2) is 19.5 Å². The molecule has 0 atom stereocenters. The first-order valence-corrected chi connectivity index (χ1v) is 5.73. The second kappa shape index (κ2) is 9.94. The lowest BCUT2D eigenvalue weighted by Crippen LogP contribution is -2.13. The van der Waals surface area contributed by atoms with Gasteiger partial charge in [0.1, 0.15) is 0 Å². The highest BCUT2D eigenvalue weighted by Crippen LogP contribution is 2.02. The molecule has 0 aromatic heterocycles. The van der Waals surface area contributed by atoms with E-state index in [1.165, 1.54) is 5.57 Å². The van der Waals surface area contributed by atoms with Gasteiger partial charge in [-0.15, -0.1) is 0 Å². The van der Waals surface area contributed by atoms with Gasteiger partial charge in [-0.2, -0.15) is 0 Å². The molecule has 0 radical (unpaired) electrons. The first-order valence-electron chi connectivity index (χ1n) is 5.73. The Morgan fingerprint density at radius 3 is 2.13 bits per heavy atom. The van der Waals surface area contributed by atoms with Crippen LogP contribution in [0.1, 0.15) is 40.5 Å². The van der Waals surface area contributed by atoms with Crippen LogP contribution in [0.15, 0.2) is 23.8 Å². The molecule has 88 valence electrons. The van der Waals surface area contributed by atoms with Crippen molar-refractivity contribution in [3.8, 4) is 0 Å². The monoisotopic (exact) mass is 212 g/mol. The number of allylic oxidation sites excluding steroid dienone is 3. The SMILES string of the molecule is CCOC(/C=C/CCC=C(C)C)OCC. The number of ether oxygens (including phenoxy) is 2. The van der Waals surface area contributed by atoms with Crippen molar-refractivity contribution in [2.45, 2.75) is 46.8 Å². The molecule has 0 amide bonds. The molecule has 2 heteroatoms. The van der Waals surface area contributed by atoms with Crippen LogP contribution in [0.5, 0.6) is 0 Å². The molecule has 0 aliphatic rings. The third-order valence-corrected chi connectivity index (χ3v) is 1.84. The third-order valence-electron chi connectivity index (χ3n) is 1.84. The largest absolute Gasteiger partial charge is 0.349 e. The summed E-state index contributed by atoms with van der Waals surface area (Å²) in [6.07, 6.45) is 8.31. The Hall–Kier alpha value is -0.600. The lowest BCUT2D eigenvalue weighted by Gasteiger charge is -2.12. The average Bonchev–Trinajstić information content (AvgIpc) is 2.17. The Kier molecular flexibility index (Phi) is 9.54. The minimum atomic E-state index is -0.174. The van der Waals surface area contributed by atoms with E-state index < -0.39 is 0 Å². The molecule has 0 aromatic rings. The molecule has 0 aliphatic heterocycles. The molecule has 0 fully saturated rings. The van der Waals surface area contributed by atoms with Crippen molar-refractivity contribution in [1.82, 2.24) is 0 Å². The van der Waals surface area contributed by atoms with E-state index in [1.807, 2.05) is 19.9 Å². The van der Waals surface area contributed by atoms with Gasteiger partial charge in [0.25, 0.3) is 0 Å². The maximum Gasteiger partial charge on any atom is 0.176 e. The molecule has 0 unspecified atom stereocenters. The Labute approximate surface area is 94.0 Å². The lowest BCUT2D eigenvalue weighted by atomic mass is 10.2. The van der Waals surface area contributed by atoms with Crippen molar-refractivity contribution in [2.75, 3.05) is 13.2 Å². The second-order valence-corrected chi connectivity index (χ2v) is 3.57. The van der Waals surface area contributed by atoms with Gasteiger partial charge in [-0.3, -0.25) is 0 Å². The fourth-order valence-electron chi connectivity index (χ4n) is 1.16. The summed E-state index contributed by atoms with van der Waals surface area (Å²) in [7, 11) is 0. The summed E-state index contributed by atoms with van der Waals surface area (Å²) in [6.45, 7) is 9.55. The van der Waals surface area contributed by atoms with Gasteiger partial charge in [-0.1, -0.05) is 17.7 Å². The van der Waals surface area contributed by atoms with E-state index >= 15 is 0 Å². The van der Waals surface area contributed by atoms with Gasteiger partial charge >= 0.3 is 0 Å². The number of hydrogen-bond acceptors (Lipinski definition) is 2. The van der Waals surface area contributed by atoms with Gasteiger partial charge in [0.15, 0.2) is 6.29 Å². The van der Waals surface area contributed by atoms with E-state index in [-0.39, 0.29) is 6.29 Å². The predicted octanol–water partition coefficient (Wildman–Crippen LogP) is 3.69. The molecular weight excluding hydrogens is 188 g/mol. The van der Waals surface area contributed by atoms with E-state index in [2.05, 4.69) is 26.0 Å². The minimum Gasteiger partial charge on any atom is -0.349 e. The van der Waals surface area contributed by atoms with E-state index in [1.54, 1.807) is 0 Å². The molecule has 2 nitrogen and oxygen atoms in total. The van der Waals surface area contributed by atoms with Crippen molar-refractivity contribution >= 4 is 0 Å². The lowest BCUT2D eigenvalue weighted by molar-refractivity contribution is -0.104. The topological polar surface area (TPSA) is 18.5 Å². The van der Waals surface area contributed by atoms with Crippen LogP contribution in [0, 0.1) is 0 Å². The highest BCUT2D eigenvalue weighted by Gasteiger charge is 2.00. The van der Waals surface area contributed by atoms with Crippen molar-refractivity contribution < 1.29 is 9.47 Å². The van der Waals surface area contributed by atoms with Gasteiger partial charge in [-0.05, 0) is 46.6 Å². The summed E-state index contributed by atoms with van der Waals surface area (Å²) in [5, 5.41) is 0. The Morgan fingerprint density at radius 1 is 1.07 bits per heavy atom. The van der Waals surface area contributed by atoms with Crippen LogP contribution in [-0.2, 0) is 9.47 Å². The molecule has 0 aliphatic carbocycles. The summed E-state index contributed by atoms with van der Waals surface area (Å²) in [4.78, 5) is 0. The summed E-state index contributed by atoms with van der Waals surface area (Å²) in [5.74, 6) is 0. The van der Waals surface area contributed by atoms with Crippen LogP contribution < -0.4 is 0 Å². The molecule has 0 saturated heterocycles. The van der Waals surface area contributed by atoms with Crippen molar-refractivity contribution in [3.05, 3.63) is 23.8 Å². The molecule has 0 heterocycles. The quantitative estimate of drug-likeness (QED) is 0.347. The molecule has 0 spiro atoms. The second-order valence-electron chi connectivity index (χ2n) is 3.57. The van der Waals surface area contributed by atoms with Gasteiger partial charge in [0.05, 0.1) is 0 Å². The molecule has 0 N–H and O–H groups in total. The third kappa shape index (κ3) is 9.70. The fourth-order valence-corrected chi connectivity index (χ4v) is 1.16. The van der Waals surface area contributed by atoms with Crippen LogP contribution in [0.3, 0.4) is 0 Å².